The van der Waals surface area contributed by atoms with Gasteiger partial charge in [-0.15, -0.1) is 0 Å². The first kappa shape index (κ1) is 24.7. The molecule has 35 heavy (non-hydrogen) atoms. The van der Waals surface area contributed by atoms with Crippen LogP contribution in [0.4, 0.5) is 0 Å². The van der Waals surface area contributed by atoms with Crippen LogP contribution in [0.25, 0.3) is 5.76 Å². The van der Waals surface area contributed by atoms with Gasteiger partial charge in [-0.3, -0.25) is 19.2 Å². The first-order valence-electron chi connectivity index (χ1n) is 11.8. The first-order chi connectivity index (χ1) is 16.5. The van der Waals surface area contributed by atoms with Crippen molar-refractivity contribution in [3.8, 4) is 5.75 Å². The Morgan fingerprint density at radius 1 is 1.11 bits per heavy atom. The van der Waals surface area contributed by atoms with E-state index in [1.165, 1.54) is 13.8 Å². The number of carbonyl (C=O) groups is 4. The van der Waals surface area contributed by atoms with Crippen molar-refractivity contribution in [3.05, 3.63) is 45.2 Å². The molecule has 0 spiro atoms. The fourth-order valence-electron chi connectivity index (χ4n) is 5.71. The van der Waals surface area contributed by atoms with Crippen LogP contribution in [0.15, 0.2) is 23.0 Å². The second kappa shape index (κ2) is 8.64. The maximum Gasteiger partial charge on any atom is 0.217 e. The predicted octanol–water partition coefficient (Wildman–Crippen LogP) is 2.12. The zero-order valence-corrected chi connectivity index (χ0v) is 19.9. The lowest BCUT2D eigenvalue weighted by atomic mass is 9.59. The molecule has 0 aromatic heterocycles. The number of fused-ring (bicyclic) bond motifs is 3. The van der Waals surface area contributed by atoms with E-state index < -0.39 is 51.9 Å². The van der Waals surface area contributed by atoms with Gasteiger partial charge in [0.2, 0.25) is 11.7 Å². The molecular formula is C26H29NO8. The molecule has 1 amide bonds. The van der Waals surface area contributed by atoms with Crippen molar-refractivity contribution in [2.24, 2.45) is 11.8 Å². The summed E-state index contributed by atoms with van der Waals surface area (Å²) in [6.07, 6.45) is 0.615. The van der Waals surface area contributed by atoms with Gasteiger partial charge < -0.3 is 25.7 Å². The van der Waals surface area contributed by atoms with E-state index in [1.54, 1.807) is 6.07 Å². The van der Waals surface area contributed by atoms with Crippen LogP contribution >= 0.6 is 0 Å². The van der Waals surface area contributed by atoms with Crippen molar-refractivity contribution in [2.75, 3.05) is 0 Å². The molecule has 1 fully saturated rings. The third kappa shape index (κ3) is 3.56. The summed E-state index contributed by atoms with van der Waals surface area (Å²) in [4.78, 5) is 50.0. The minimum Gasteiger partial charge on any atom is -0.508 e. The molecule has 1 aromatic carbocycles. The highest BCUT2D eigenvalue weighted by molar-refractivity contribution is 6.23. The van der Waals surface area contributed by atoms with Crippen LogP contribution in [0.5, 0.6) is 5.75 Å². The van der Waals surface area contributed by atoms with Crippen molar-refractivity contribution >= 4 is 29.0 Å². The van der Waals surface area contributed by atoms with Gasteiger partial charge >= 0.3 is 0 Å². The smallest absolute Gasteiger partial charge is 0.217 e. The monoisotopic (exact) mass is 483 g/mol. The van der Waals surface area contributed by atoms with Gasteiger partial charge in [-0.1, -0.05) is 19.9 Å². The summed E-state index contributed by atoms with van der Waals surface area (Å²) in [5.41, 5.74) is -1.31. The molecule has 186 valence electrons. The Morgan fingerprint density at radius 3 is 2.40 bits per heavy atom. The highest BCUT2D eigenvalue weighted by Gasteiger charge is 2.60. The number of hydrogen-bond donors (Lipinski definition) is 5. The number of aliphatic hydroxyl groups is 3. The molecule has 1 saturated carbocycles. The number of aromatic hydroxyl groups is 1. The quantitative estimate of drug-likeness (QED) is 0.398. The van der Waals surface area contributed by atoms with Crippen LogP contribution in [0, 0.1) is 11.8 Å². The van der Waals surface area contributed by atoms with Crippen molar-refractivity contribution in [3.63, 3.8) is 0 Å². The molecule has 9 nitrogen and oxygen atoms in total. The minimum atomic E-state index is -2.51. The van der Waals surface area contributed by atoms with Gasteiger partial charge in [0.05, 0.1) is 5.56 Å². The normalized spacial score (nSPS) is 25.7. The lowest BCUT2D eigenvalue weighted by Gasteiger charge is -2.46. The van der Waals surface area contributed by atoms with Crippen LogP contribution in [0.1, 0.15) is 62.3 Å². The van der Waals surface area contributed by atoms with E-state index >= 15 is 0 Å². The molecule has 0 saturated heterocycles. The molecule has 0 bridgehead atoms. The van der Waals surface area contributed by atoms with E-state index in [-0.39, 0.29) is 55.0 Å². The Hall–Kier alpha value is -3.46. The van der Waals surface area contributed by atoms with Crippen molar-refractivity contribution in [2.45, 2.75) is 65.0 Å². The van der Waals surface area contributed by atoms with Gasteiger partial charge in [0.1, 0.15) is 22.8 Å². The Bertz CT molecular complexity index is 1240. The second-order valence-corrected chi connectivity index (χ2v) is 9.48. The minimum absolute atomic E-state index is 0.0154. The number of amides is 1. The molecule has 0 aliphatic heterocycles. The summed E-state index contributed by atoms with van der Waals surface area (Å²) < 4.78 is 0. The third-order valence-corrected chi connectivity index (χ3v) is 7.50. The number of allylic oxidation sites excluding steroid dienone is 1. The lowest BCUT2D eigenvalue weighted by Crippen LogP contribution is -2.58. The second-order valence-electron chi connectivity index (χ2n) is 9.48. The van der Waals surface area contributed by atoms with Gasteiger partial charge in [-0.2, -0.15) is 0 Å². The average molecular weight is 484 g/mol. The zero-order chi connectivity index (χ0) is 25.8. The number of aliphatic hydroxyl groups excluding tert-OH is 2. The predicted molar refractivity (Wildman–Crippen MR) is 124 cm³/mol. The van der Waals surface area contributed by atoms with Crippen LogP contribution in [-0.4, -0.2) is 49.3 Å². The zero-order valence-electron chi connectivity index (χ0n) is 19.9. The van der Waals surface area contributed by atoms with Gasteiger partial charge in [-0.05, 0) is 36.3 Å². The number of benzene rings is 1. The summed E-state index contributed by atoms with van der Waals surface area (Å²) in [6.45, 7) is 4.76. The SMILES string of the molecule is CCC(=O)C1=C(O)[C@@]2(O)C(=O)C3=C(O)c4c(O)c(CNC(C)=O)cc(CC)c4C[C@H]3C[C@H]2CC1=O. The van der Waals surface area contributed by atoms with Crippen molar-refractivity contribution in [1.29, 1.82) is 0 Å². The van der Waals surface area contributed by atoms with Gasteiger partial charge in [0, 0.05) is 43.4 Å². The molecule has 9 heteroatoms. The van der Waals surface area contributed by atoms with E-state index in [1.807, 2.05) is 6.92 Å². The highest BCUT2D eigenvalue weighted by Crippen LogP contribution is 2.52. The largest absolute Gasteiger partial charge is 0.508 e. The van der Waals surface area contributed by atoms with E-state index in [0.717, 1.165) is 5.56 Å². The summed E-state index contributed by atoms with van der Waals surface area (Å²) >= 11 is 0. The number of nitrogens with one attached hydrogen (secondary N) is 1. The topological polar surface area (TPSA) is 161 Å². The number of rotatable bonds is 5. The van der Waals surface area contributed by atoms with Crippen molar-refractivity contribution < 1.29 is 39.6 Å². The van der Waals surface area contributed by atoms with Crippen LogP contribution in [0.2, 0.25) is 0 Å². The Kier molecular flexibility index (Phi) is 6.09. The molecular weight excluding hydrogens is 454 g/mol. The number of Topliss-reactive ketones (excluding diaryl/α,β-unsaturated/α-hetero) is 3. The highest BCUT2D eigenvalue weighted by atomic mass is 16.3. The number of aryl methyl sites for hydroxylation is 1. The molecule has 3 aliphatic carbocycles. The summed E-state index contributed by atoms with van der Waals surface area (Å²) in [7, 11) is 0. The Labute approximate surface area is 202 Å². The number of ketones is 3. The fraction of sp³-hybridized carbons (Fsp3) is 0.462. The van der Waals surface area contributed by atoms with Gasteiger partial charge in [0.15, 0.2) is 17.2 Å². The van der Waals surface area contributed by atoms with Crippen molar-refractivity contribution in [1.82, 2.24) is 5.32 Å². The number of carbonyl (C=O) groups excluding carboxylic acids is 4. The molecule has 0 unspecified atom stereocenters. The molecule has 4 rings (SSSR count). The molecule has 3 aliphatic rings. The molecule has 0 heterocycles. The van der Waals surface area contributed by atoms with Crippen LogP contribution < -0.4 is 5.32 Å². The van der Waals surface area contributed by atoms with Gasteiger partial charge in [-0.25, -0.2) is 0 Å². The molecule has 5 N–H and O–H groups in total. The van der Waals surface area contributed by atoms with Crippen LogP contribution in [-0.2, 0) is 38.6 Å². The third-order valence-electron chi connectivity index (χ3n) is 7.50. The molecule has 3 atom stereocenters. The maximum absolute atomic E-state index is 13.7. The van der Waals surface area contributed by atoms with E-state index in [2.05, 4.69) is 5.32 Å². The van der Waals surface area contributed by atoms with E-state index in [9.17, 15) is 39.6 Å². The molecule has 1 aromatic rings. The van der Waals surface area contributed by atoms with E-state index in [0.29, 0.717) is 17.5 Å². The van der Waals surface area contributed by atoms with Crippen LogP contribution in [0.3, 0.4) is 0 Å². The first-order valence-corrected chi connectivity index (χ1v) is 11.8. The fourth-order valence-corrected chi connectivity index (χ4v) is 5.71. The Morgan fingerprint density at radius 2 is 1.80 bits per heavy atom. The lowest BCUT2D eigenvalue weighted by molar-refractivity contribution is -0.147. The Balaban J connectivity index is 1.90. The van der Waals surface area contributed by atoms with E-state index in [4.69, 9.17) is 0 Å². The average Bonchev–Trinajstić information content (AvgIpc) is 2.80. The summed E-state index contributed by atoms with van der Waals surface area (Å²) in [5.74, 6) is -5.80. The maximum atomic E-state index is 13.7. The number of phenolic OH excluding ortho intramolecular Hbond substituents is 1. The summed E-state index contributed by atoms with van der Waals surface area (Å²) in [6, 6.07) is 1.75. The molecule has 0 radical (unpaired) electrons. The number of hydrogen-bond acceptors (Lipinski definition) is 8. The van der Waals surface area contributed by atoms with Gasteiger partial charge in [0.25, 0.3) is 0 Å². The summed E-state index contributed by atoms with van der Waals surface area (Å²) in [5, 5.41) is 47.1. The number of phenols is 1. The standard InChI is InChI=1S/C26H29NO8/c1-4-12-6-14(10-27-11(3)28)22(31)20-16(12)8-13-7-15-9-18(30)21(17(29)5-2)25(34)26(15,35)24(33)19(13)23(20)32/h6,13,15,31-32,34-35H,4-5,7-10H2,1-3H3,(H,27,28)/t13-,15+,26+/m1/s1.